The summed E-state index contributed by atoms with van der Waals surface area (Å²) in [5.41, 5.74) is 9.34. The Bertz CT molecular complexity index is 1100. The molecular weight excluding hydrogens is 481 g/mol. The summed E-state index contributed by atoms with van der Waals surface area (Å²) in [4.78, 5) is 12.6. The first-order valence-corrected chi connectivity index (χ1v) is 13.2. The Morgan fingerprint density at radius 2 is 1.91 bits per heavy atom. The second-order valence-corrected chi connectivity index (χ2v) is 11.1. The molecule has 0 bridgehead atoms. The quantitative estimate of drug-likeness (QED) is 0.583. The van der Waals surface area contributed by atoms with Gasteiger partial charge in [0.2, 0.25) is 10.0 Å². The Kier molecular flexibility index (Phi) is 8.12. The molecule has 4 rings (SSSR count). The van der Waals surface area contributed by atoms with Crippen molar-refractivity contribution in [3.8, 4) is 0 Å². The van der Waals surface area contributed by atoms with Crippen molar-refractivity contribution in [3.63, 3.8) is 0 Å². The Morgan fingerprint density at radius 3 is 2.48 bits per heavy atom. The number of benzene rings is 2. The zero-order valence-electron chi connectivity index (χ0n) is 18.7. The van der Waals surface area contributed by atoms with Crippen LogP contribution in [0.5, 0.6) is 0 Å². The SMILES string of the molecule is CCCS(=O)(=O)N(C(=O)CN)c1ccc2c(c1)C(C1(c3ccc(Cl)cc3)CCC1)NCC2.Cl. The van der Waals surface area contributed by atoms with E-state index < -0.39 is 15.9 Å². The fourth-order valence-corrected chi connectivity index (χ4v) is 6.78. The van der Waals surface area contributed by atoms with Gasteiger partial charge in [-0.1, -0.05) is 43.1 Å². The lowest BCUT2D eigenvalue weighted by Gasteiger charge is -2.50. The van der Waals surface area contributed by atoms with Gasteiger partial charge >= 0.3 is 0 Å². The van der Waals surface area contributed by atoms with Gasteiger partial charge in [0.1, 0.15) is 0 Å². The smallest absolute Gasteiger partial charge is 0.254 e. The van der Waals surface area contributed by atoms with Gasteiger partial charge in [-0.3, -0.25) is 4.79 Å². The largest absolute Gasteiger partial charge is 0.322 e. The van der Waals surface area contributed by atoms with Crippen LogP contribution in [0.15, 0.2) is 42.5 Å². The van der Waals surface area contributed by atoms with Crippen LogP contribution in [0.2, 0.25) is 5.02 Å². The molecule has 0 aromatic heterocycles. The van der Waals surface area contributed by atoms with E-state index in [4.69, 9.17) is 17.3 Å². The molecule has 2 aliphatic rings. The van der Waals surface area contributed by atoms with Crippen LogP contribution in [-0.2, 0) is 26.7 Å². The number of hydrogen-bond acceptors (Lipinski definition) is 5. The van der Waals surface area contributed by atoms with Crippen LogP contribution in [-0.4, -0.2) is 33.2 Å². The van der Waals surface area contributed by atoms with Crippen molar-refractivity contribution in [1.29, 1.82) is 0 Å². The van der Waals surface area contributed by atoms with Gasteiger partial charge in [0.25, 0.3) is 5.91 Å². The number of halogens is 2. The van der Waals surface area contributed by atoms with Crippen molar-refractivity contribution in [3.05, 3.63) is 64.2 Å². The third-order valence-corrected chi connectivity index (χ3v) is 8.92. The van der Waals surface area contributed by atoms with E-state index in [1.807, 2.05) is 24.3 Å². The molecule has 6 nitrogen and oxygen atoms in total. The normalized spacial score (nSPS) is 19.1. The molecule has 1 heterocycles. The van der Waals surface area contributed by atoms with Gasteiger partial charge in [-0.2, -0.15) is 0 Å². The van der Waals surface area contributed by atoms with E-state index >= 15 is 0 Å². The number of sulfonamides is 1. The van der Waals surface area contributed by atoms with Crippen LogP contribution >= 0.6 is 24.0 Å². The number of hydrogen-bond donors (Lipinski definition) is 2. The molecule has 1 unspecified atom stereocenters. The third-order valence-electron chi connectivity index (χ3n) is 6.78. The van der Waals surface area contributed by atoms with E-state index in [2.05, 4.69) is 17.4 Å². The molecule has 0 saturated heterocycles. The predicted molar refractivity (Wildman–Crippen MR) is 136 cm³/mol. The van der Waals surface area contributed by atoms with Crippen LogP contribution in [0.1, 0.15) is 55.3 Å². The van der Waals surface area contributed by atoms with E-state index in [0.29, 0.717) is 17.1 Å². The maximum absolute atomic E-state index is 12.9. The van der Waals surface area contributed by atoms with Gasteiger partial charge in [-0.05, 0) is 73.2 Å². The fourth-order valence-electron chi connectivity index (χ4n) is 5.13. The monoisotopic (exact) mass is 511 g/mol. The van der Waals surface area contributed by atoms with E-state index in [1.54, 1.807) is 13.0 Å². The number of nitrogens with zero attached hydrogens (tertiary/aromatic N) is 1. The summed E-state index contributed by atoms with van der Waals surface area (Å²) in [6.45, 7) is 2.27. The van der Waals surface area contributed by atoms with Gasteiger partial charge in [0.15, 0.2) is 0 Å². The van der Waals surface area contributed by atoms with Crippen LogP contribution in [0.25, 0.3) is 0 Å². The lowest BCUT2D eigenvalue weighted by molar-refractivity contribution is -0.116. The minimum absolute atomic E-state index is 0. The first-order valence-electron chi connectivity index (χ1n) is 11.2. The number of carbonyl (C=O) groups is 1. The van der Waals surface area contributed by atoms with Crippen molar-refractivity contribution in [2.45, 2.75) is 50.5 Å². The molecule has 0 radical (unpaired) electrons. The van der Waals surface area contributed by atoms with Gasteiger partial charge < -0.3 is 11.1 Å². The summed E-state index contributed by atoms with van der Waals surface area (Å²) >= 11 is 6.14. The van der Waals surface area contributed by atoms with E-state index in [1.165, 1.54) is 11.1 Å². The highest BCUT2D eigenvalue weighted by Crippen LogP contribution is 2.53. The molecule has 2 aromatic rings. The first kappa shape index (κ1) is 26.0. The molecule has 3 N–H and O–H groups in total. The number of anilines is 1. The molecular formula is C24H31Cl2N3O3S. The second kappa shape index (κ2) is 10.3. The van der Waals surface area contributed by atoms with Gasteiger partial charge in [0, 0.05) is 16.5 Å². The lowest BCUT2D eigenvalue weighted by atomic mass is 9.58. The predicted octanol–water partition coefficient (Wildman–Crippen LogP) is 4.10. The summed E-state index contributed by atoms with van der Waals surface area (Å²) < 4.78 is 26.7. The van der Waals surface area contributed by atoms with E-state index in [-0.39, 0.29) is 36.2 Å². The molecule has 1 aliphatic carbocycles. The number of rotatable bonds is 7. The van der Waals surface area contributed by atoms with Crippen LogP contribution in [0.3, 0.4) is 0 Å². The third kappa shape index (κ3) is 4.80. The highest BCUT2D eigenvalue weighted by Gasteiger charge is 2.47. The minimum Gasteiger partial charge on any atom is -0.322 e. The number of nitrogens with two attached hydrogens (primary N) is 1. The molecule has 1 atom stereocenters. The molecule has 33 heavy (non-hydrogen) atoms. The molecule has 1 saturated carbocycles. The van der Waals surface area contributed by atoms with E-state index in [0.717, 1.165) is 42.1 Å². The van der Waals surface area contributed by atoms with Crippen LogP contribution in [0.4, 0.5) is 5.69 Å². The summed E-state index contributed by atoms with van der Waals surface area (Å²) in [5, 5.41) is 4.40. The van der Waals surface area contributed by atoms with Gasteiger partial charge in [-0.15, -0.1) is 12.4 Å². The Morgan fingerprint density at radius 1 is 1.21 bits per heavy atom. The number of amides is 1. The van der Waals surface area contributed by atoms with Gasteiger partial charge in [-0.25, -0.2) is 12.7 Å². The van der Waals surface area contributed by atoms with Crippen LogP contribution in [0, 0.1) is 0 Å². The average molecular weight is 513 g/mol. The highest BCUT2D eigenvalue weighted by molar-refractivity contribution is 7.93. The van der Waals surface area contributed by atoms with Crippen molar-refractivity contribution >= 4 is 45.6 Å². The van der Waals surface area contributed by atoms with Crippen molar-refractivity contribution in [2.24, 2.45) is 5.73 Å². The minimum atomic E-state index is -3.80. The highest BCUT2D eigenvalue weighted by atomic mass is 35.5. The average Bonchev–Trinajstić information content (AvgIpc) is 2.74. The standard InChI is InChI=1S/C24H30ClN3O3S.ClH/c1-2-14-32(30,31)28(22(29)16-26)20-9-4-17-10-13-27-23(21(17)15-20)24(11-3-12-24)18-5-7-19(25)8-6-18;/h4-9,15,23,27H,2-3,10-14,16,26H2,1H3;1H. The molecule has 180 valence electrons. The molecule has 9 heteroatoms. The number of nitrogens with one attached hydrogen (secondary N) is 1. The maximum atomic E-state index is 12.9. The van der Waals surface area contributed by atoms with Crippen molar-refractivity contribution < 1.29 is 13.2 Å². The molecule has 1 fully saturated rings. The fraction of sp³-hybridized carbons (Fsp3) is 0.458. The second-order valence-electron chi connectivity index (χ2n) is 8.72. The Labute approximate surface area is 207 Å². The molecule has 1 aliphatic heterocycles. The summed E-state index contributed by atoms with van der Waals surface area (Å²) in [5.74, 6) is -0.721. The number of carbonyl (C=O) groups excluding carboxylic acids is 1. The Hall–Kier alpha value is -1.64. The van der Waals surface area contributed by atoms with Crippen molar-refractivity contribution in [2.75, 3.05) is 23.1 Å². The number of fused-ring (bicyclic) bond motifs is 1. The Balaban J connectivity index is 0.00000306. The zero-order valence-corrected chi connectivity index (χ0v) is 21.1. The van der Waals surface area contributed by atoms with Gasteiger partial charge in [0.05, 0.1) is 18.0 Å². The molecule has 1 amide bonds. The van der Waals surface area contributed by atoms with Crippen LogP contribution < -0.4 is 15.4 Å². The topological polar surface area (TPSA) is 92.5 Å². The van der Waals surface area contributed by atoms with E-state index in [9.17, 15) is 13.2 Å². The van der Waals surface area contributed by atoms with Crippen molar-refractivity contribution in [1.82, 2.24) is 5.32 Å². The summed E-state index contributed by atoms with van der Waals surface area (Å²) in [6, 6.07) is 13.6. The lowest BCUT2D eigenvalue weighted by Crippen LogP contribution is -2.49. The summed E-state index contributed by atoms with van der Waals surface area (Å²) in [6.07, 6.45) is 4.49. The summed E-state index contributed by atoms with van der Waals surface area (Å²) in [7, 11) is -3.80. The molecule has 0 spiro atoms. The first-order chi connectivity index (χ1) is 15.3. The maximum Gasteiger partial charge on any atom is 0.254 e. The zero-order chi connectivity index (χ0) is 22.9. The molecule has 2 aromatic carbocycles.